The quantitative estimate of drug-likeness (QED) is 0.660. The summed E-state index contributed by atoms with van der Waals surface area (Å²) in [5.74, 6) is 1.52. The first-order chi connectivity index (χ1) is 14.1. The van der Waals surface area contributed by atoms with Gasteiger partial charge in [-0.25, -0.2) is 0 Å². The van der Waals surface area contributed by atoms with E-state index in [1.165, 1.54) is 18.5 Å². The van der Waals surface area contributed by atoms with Gasteiger partial charge in [-0.15, -0.1) is 0 Å². The van der Waals surface area contributed by atoms with Crippen molar-refractivity contribution in [2.45, 2.75) is 46.3 Å². The number of benzene rings is 1. The summed E-state index contributed by atoms with van der Waals surface area (Å²) in [4.78, 5) is 15.1. The third kappa shape index (κ3) is 4.59. The second kappa shape index (κ2) is 8.66. The molecule has 0 atom stereocenters. The molecule has 0 radical (unpaired) electrons. The van der Waals surface area contributed by atoms with Gasteiger partial charge in [0.2, 0.25) is 0 Å². The first-order valence-corrected chi connectivity index (χ1v) is 10.4. The lowest BCUT2D eigenvalue weighted by molar-refractivity contribution is 0.0950. The van der Waals surface area contributed by atoms with Crippen LogP contribution in [0.3, 0.4) is 0 Å². The maximum absolute atomic E-state index is 12.6. The Morgan fingerprint density at radius 3 is 2.90 bits per heavy atom. The lowest BCUT2D eigenvalue weighted by Gasteiger charge is -2.27. The van der Waals surface area contributed by atoms with Crippen molar-refractivity contribution in [3.63, 3.8) is 0 Å². The Kier molecular flexibility index (Phi) is 5.81. The Morgan fingerprint density at radius 2 is 2.10 bits per heavy atom. The summed E-state index contributed by atoms with van der Waals surface area (Å²) < 4.78 is 7.74. The van der Waals surface area contributed by atoms with Crippen LogP contribution in [0.25, 0.3) is 11.3 Å². The number of aryl methyl sites for hydroxylation is 1. The summed E-state index contributed by atoms with van der Waals surface area (Å²) in [5, 5.41) is 7.65. The SMILES string of the molecule is CCCCN1CCn2nc(CNC(=O)c3cccc(-c4ccc(C)o4)c3)cc2C1. The van der Waals surface area contributed by atoms with Crippen molar-refractivity contribution in [1.29, 1.82) is 0 Å². The molecular weight excluding hydrogens is 364 g/mol. The van der Waals surface area contributed by atoms with E-state index in [4.69, 9.17) is 4.42 Å². The Morgan fingerprint density at radius 1 is 1.21 bits per heavy atom. The number of nitrogens with zero attached hydrogens (tertiary/aromatic N) is 3. The number of hydrogen-bond donors (Lipinski definition) is 1. The average Bonchev–Trinajstić information content (AvgIpc) is 3.36. The summed E-state index contributed by atoms with van der Waals surface area (Å²) >= 11 is 0. The molecule has 6 nitrogen and oxygen atoms in total. The fourth-order valence-corrected chi connectivity index (χ4v) is 3.72. The van der Waals surface area contributed by atoms with Crippen LogP contribution in [0.4, 0.5) is 0 Å². The molecule has 0 fully saturated rings. The molecule has 3 heterocycles. The number of amides is 1. The molecule has 1 aliphatic heterocycles. The molecule has 0 aliphatic carbocycles. The summed E-state index contributed by atoms with van der Waals surface area (Å²) in [6, 6.07) is 13.5. The molecule has 6 heteroatoms. The van der Waals surface area contributed by atoms with Crippen molar-refractivity contribution in [2.75, 3.05) is 13.1 Å². The van der Waals surface area contributed by atoms with Crippen molar-refractivity contribution >= 4 is 5.91 Å². The number of carbonyl (C=O) groups excluding carboxylic acids is 1. The van der Waals surface area contributed by atoms with Crippen LogP contribution in [0.15, 0.2) is 46.9 Å². The van der Waals surface area contributed by atoms with Crippen LogP contribution in [0.2, 0.25) is 0 Å². The van der Waals surface area contributed by atoms with Gasteiger partial charge >= 0.3 is 0 Å². The highest BCUT2D eigenvalue weighted by Gasteiger charge is 2.18. The number of furan rings is 1. The van der Waals surface area contributed by atoms with E-state index in [0.717, 1.165) is 49.0 Å². The fourth-order valence-electron chi connectivity index (χ4n) is 3.72. The monoisotopic (exact) mass is 392 g/mol. The van der Waals surface area contributed by atoms with Crippen LogP contribution in [-0.4, -0.2) is 33.7 Å². The molecule has 152 valence electrons. The van der Waals surface area contributed by atoms with E-state index in [1.54, 1.807) is 0 Å². The number of hydrogen-bond acceptors (Lipinski definition) is 4. The number of carbonyl (C=O) groups is 1. The minimum atomic E-state index is -0.106. The highest BCUT2D eigenvalue weighted by Crippen LogP contribution is 2.23. The highest BCUT2D eigenvalue weighted by atomic mass is 16.3. The molecule has 29 heavy (non-hydrogen) atoms. The van der Waals surface area contributed by atoms with E-state index in [9.17, 15) is 4.79 Å². The number of rotatable bonds is 7. The first kappa shape index (κ1) is 19.5. The lowest BCUT2D eigenvalue weighted by Crippen LogP contribution is -2.34. The zero-order valence-corrected chi connectivity index (χ0v) is 17.1. The Balaban J connectivity index is 1.38. The van der Waals surface area contributed by atoms with Gasteiger partial charge in [-0.1, -0.05) is 25.5 Å². The molecule has 0 spiro atoms. The summed E-state index contributed by atoms with van der Waals surface area (Å²) in [7, 11) is 0. The number of fused-ring (bicyclic) bond motifs is 1. The van der Waals surface area contributed by atoms with Crippen LogP contribution in [0.1, 0.15) is 47.3 Å². The van der Waals surface area contributed by atoms with Crippen molar-refractivity contribution in [2.24, 2.45) is 0 Å². The largest absolute Gasteiger partial charge is 0.461 e. The molecule has 0 bridgehead atoms. The topological polar surface area (TPSA) is 63.3 Å². The van der Waals surface area contributed by atoms with E-state index in [0.29, 0.717) is 12.1 Å². The van der Waals surface area contributed by atoms with Crippen molar-refractivity contribution in [3.05, 3.63) is 65.2 Å². The van der Waals surface area contributed by atoms with E-state index in [-0.39, 0.29) is 5.91 Å². The predicted octanol–water partition coefficient (Wildman–Crippen LogP) is 4.00. The van der Waals surface area contributed by atoms with Gasteiger partial charge in [0, 0.05) is 24.2 Å². The minimum absolute atomic E-state index is 0.106. The molecule has 2 aromatic heterocycles. The van der Waals surface area contributed by atoms with Gasteiger partial charge in [0.1, 0.15) is 11.5 Å². The standard InChI is InChI=1S/C23H28N4O2/c1-3-4-10-26-11-12-27-21(16-26)14-20(25-27)15-24-23(28)19-7-5-6-18(13-19)22-9-8-17(2)29-22/h5-9,13-14H,3-4,10-12,15-16H2,1-2H3,(H,24,28). The molecule has 3 aromatic rings. The molecule has 1 aromatic carbocycles. The number of unbranched alkanes of at least 4 members (excludes halogenated alkanes) is 1. The minimum Gasteiger partial charge on any atom is -0.461 e. The van der Waals surface area contributed by atoms with Gasteiger partial charge in [0.25, 0.3) is 5.91 Å². The van der Waals surface area contributed by atoms with Crippen molar-refractivity contribution < 1.29 is 9.21 Å². The molecule has 0 unspecified atom stereocenters. The smallest absolute Gasteiger partial charge is 0.251 e. The summed E-state index contributed by atoms with van der Waals surface area (Å²) in [6.07, 6.45) is 2.45. The molecular formula is C23H28N4O2. The van der Waals surface area contributed by atoms with Gasteiger partial charge in [0.15, 0.2) is 0 Å². The normalized spacial score (nSPS) is 14.0. The first-order valence-electron chi connectivity index (χ1n) is 10.4. The van der Waals surface area contributed by atoms with Crippen LogP contribution < -0.4 is 5.32 Å². The van der Waals surface area contributed by atoms with E-state index in [2.05, 4.69) is 33.0 Å². The molecule has 1 aliphatic rings. The molecule has 0 saturated carbocycles. The fraction of sp³-hybridized carbons (Fsp3) is 0.391. The van der Waals surface area contributed by atoms with Gasteiger partial charge in [-0.05, 0) is 50.2 Å². The Hall–Kier alpha value is -2.86. The Bertz CT molecular complexity index is 988. The number of aromatic nitrogens is 2. The third-order valence-electron chi connectivity index (χ3n) is 5.34. The second-order valence-corrected chi connectivity index (χ2v) is 7.65. The van der Waals surface area contributed by atoms with Gasteiger partial charge in [0.05, 0.1) is 24.5 Å². The van der Waals surface area contributed by atoms with Crippen molar-refractivity contribution in [3.8, 4) is 11.3 Å². The maximum atomic E-state index is 12.6. The van der Waals surface area contributed by atoms with Crippen LogP contribution >= 0.6 is 0 Å². The zero-order valence-electron chi connectivity index (χ0n) is 17.1. The maximum Gasteiger partial charge on any atom is 0.251 e. The zero-order chi connectivity index (χ0) is 20.2. The molecule has 1 amide bonds. The van der Waals surface area contributed by atoms with E-state index < -0.39 is 0 Å². The molecule has 4 rings (SSSR count). The summed E-state index contributed by atoms with van der Waals surface area (Å²) in [5.41, 5.74) is 3.65. The highest BCUT2D eigenvalue weighted by molar-refractivity contribution is 5.95. The van der Waals surface area contributed by atoms with Crippen LogP contribution in [0.5, 0.6) is 0 Å². The van der Waals surface area contributed by atoms with Crippen LogP contribution in [0, 0.1) is 6.92 Å². The summed E-state index contributed by atoms with van der Waals surface area (Å²) in [6.45, 7) is 8.59. The van der Waals surface area contributed by atoms with E-state index >= 15 is 0 Å². The van der Waals surface area contributed by atoms with Gasteiger partial charge in [-0.3, -0.25) is 14.4 Å². The van der Waals surface area contributed by atoms with Crippen molar-refractivity contribution in [1.82, 2.24) is 20.0 Å². The average molecular weight is 393 g/mol. The predicted molar refractivity (Wildman–Crippen MR) is 112 cm³/mol. The van der Waals surface area contributed by atoms with E-state index in [1.807, 2.05) is 43.3 Å². The Labute approximate surface area is 171 Å². The lowest BCUT2D eigenvalue weighted by atomic mass is 10.1. The third-order valence-corrected chi connectivity index (χ3v) is 5.34. The van der Waals surface area contributed by atoms with Gasteiger partial charge in [-0.2, -0.15) is 5.10 Å². The van der Waals surface area contributed by atoms with Gasteiger partial charge < -0.3 is 9.73 Å². The number of nitrogens with one attached hydrogen (secondary N) is 1. The molecule has 1 N–H and O–H groups in total. The van der Waals surface area contributed by atoms with Crippen LogP contribution in [-0.2, 0) is 19.6 Å². The second-order valence-electron chi connectivity index (χ2n) is 7.65. The molecule has 0 saturated heterocycles.